The van der Waals surface area contributed by atoms with Crippen LogP contribution in [0.15, 0.2) is 61.1 Å². The summed E-state index contributed by atoms with van der Waals surface area (Å²) in [6.45, 7) is 6.42. The molecule has 3 N–H and O–H groups in total. The van der Waals surface area contributed by atoms with E-state index in [9.17, 15) is 9.90 Å². The van der Waals surface area contributed by atoms with Gasteiger partial charge in [0, 0.05) is 23.3 Å². The number of pyridine rings is 1. The monoisotopic (exact) mass is 504 g/mol. The molecule has 1 unspecified atom stereocenters. The Hall–Kier alpha value is -3.91. The van der Waals surface area contributed by atoms with Crippen LogP contribution in [-0.4, -0.2) is 36.9 Å². The van der Waals surface area contributed by atoms with Gasteiger partial charge in [0.05, 0.1) is 12.2 Å². The van der Waals surface area contributed by atoms with E-state index < -0.39 is 12.0 Å². The molecule has 2 aromatic heterocycles. The first-order valence-electron chi connectivity index (χ1n) is 11.8. The summed E-state index contributed by atoms with van der Waals surface area (Å²) in [7, 11) is 0. The van der Waals surface area contributed by atoms with Crippen LogP contribution in [0.5, 0.6) is 0 Å². The minimum absolute atomic E-state index is 0.330. The van der Waals surface area contributed by atoms with Crippen LogP contribution in [0, 0.1) is 13.8 Å². The Morgan fingerprint density at radius 2 is 1.89 bits per heavy atom. The molecular weight excluding hydrogens is 476 g/mol. The topological polar surface area (TPSA) is 105 Å². The highest BCUT2D eigenvalue weighted by Gasteiger charge is 2.20. The zero-order valence-corrected chi connectivity index (χ0v) is 21.3. The van der Waals surface area contributed by atoms with Crippen LogP contribution >= 0.6 is 11.6 Å². The average molecular weight is 505 g/mol. The van der Waals surface area contributed by atoms with Gasteiger partial charge in [-0.1, -0.05) is 30.7 Å². The maximum Gasteiger partial charge on any atom is 0.326 e. The molecule has 0 radical (unpaired) electrons. The zero-order chi connectivity index (χ0) is 25.7. The minimum Gasteiger partial charge on any atom is -0.480 e. The standard InChI is InChI=1S/C27H29ClN6O2/c1-4-20-14-21(28)12-18(3)26(20)32-23(27(35)36)13-19-5-7-22(8-6-19)34-16-31-25(33-34)15-30-24-11-17(2)9-10-29-24/h5-12,14,16,23,32H,4,13,15H2,1-3H3,(H,29,30)(H,35,36). The molecule has 186 valence electrons. The Labute approximate surface area is 215 Å². The maximum atomic E-state index is 12.0. The second-order valence-corrected chi connectivity index (χ2v) is 9.13. The van der Waals surface area contributed by atoms with Crippen LogP contribution in [0.3, 0.4) is 0 Å². The van der Waals surface area contributed by atoms with E-state index in [2.05, 4.69) is 25.7 Å². The van der Waals surface area contributed by atoms with Crippen molar-refractivity contribution in [2.24, 2.45) is 0 Å². The molecule has 4 rings (SSSR count). The van der Waals surface area contributed by atoms with Crippen molar-refractivity contribution in [1.82, 2.24) is 19.7 Å². The fourth-order valence-corrected chi connectivity index (χ4v) is 4.29. The lowest BCUT2D eigenvalue weighted by Crippen LogP contribution is -2.32. The number of aliphatic carboxylic acids is 1. The van der Waals surface area contributed by atoms with Gasteiger partial charge in [0.15, 0.2) is 5.82 Å². The molecule has 36 heavy (non-hydrogen) atoms. The van der Waals surface area contributed by atoms with E-state index in [4.69, 9.17) is 11.6 Å². The van der Waals surface area contributed by atoms with Gasteiger partial charge in [-0.3, -0.25) is 0 Å². The average Bonchev–Trinajstić information content (AvgIpc) is 3.33. The fraction of sp³-hybridized carbons (Fsp3) is 0.259. The third-order valence-corrected chi connectivity index (χ3v) is 6.12. The highest BCUT2D eigenvalue weighted by molar-refractivity contribution is 6.30. The quantitative estimate of drug-likeness (QED) is 0.272. The number of carboxylic acid groups (broad SMARTS) is 1. The molecule has 0 amide bonds. The van der Waals surface area contributed by atoms with Gasteiger partial charge in [-0.25, -0.2) is 19.4 Å². The van der Waals surface area contributed by atoms with E-state index in [0.717, 1.165) is 45.9 Å². The summed E-state index contributed by atoms with van der Waals surface area (Å²) < 4.78 is 1.70. The highest BCUT2D eigenvalue weighted by Crippen LogP contribution is 2.27. The molecule has 2 aromatic carbocycles. The number of hydrogen-bond donors (Lipinski definition) is 3. The predicted molar refractivity (Wildman–Crippen MR) is 142 cm³/mol. The van der Waals surface area contributed by atoms with E-state index in [-0.39, 0.29) is 0 Å². The number of carbonyl (C=O) groups is 1. The molecule has 0 bridgehead atoms. The molecule has 0 aliphatic carbocycles. The summed E-state index contributed by atoms with van der Waals surface area (Å²) in [5, 5.41) is 21.5. The normalized spacial score (nSPS) is 11.8. The summed E-state index contributed by atoms with van der Waals surface area (Å²) in [5.74, 6) is 0.506. The van der Waals surface area contributed by atoms with Crippen LogP contribution < -0.4 is 10.6 Å². The van der Waals surface area contributed by atoms with Crippen molar-refractivity contribution in [2.45, 2.75) is 46.2 Å². The molecule has 8 nitrogen and oxygen atoms in total. The van der Waals surface area contributed by atoms with Crippen molar-refractivity contribution in [1.29, 1.82) is 0 Å². The maximum absolute atomic E-state index is 12.0. The third kappa shape index (κ3) is 6.20. The molecule has 0 aliphatic heterocycles. The number of halogens is 1. The van der Waals surface area contributed by atoms with Gasteiger partial charge in [0.1, 0.15) is 18.2 Å². The SMILES string of the molecule is CCc1cc(Cl)cc(C)c1NC(Cc1ccc(-n2cnc(CNc3cc(C)ccn3)n2)cc1)C(=O)O. The summed E-state index contributed by atoms with van der Waals surface area (Å²) >= 11 is 6.19. The van der Waals surface area contributed by atoms with Crippen LogP contribution in [0.4, 0.5) is 11.5 Å². The van der Waals surface area contributed by atoms with E-state index in [1.54, 1.807) is 17.2 Å². The Morgan fingerprint density at radius 3 is 2.58 bits per heavy atom. The van der Waals surface area contributed by atoms with Gasteiger partial charge in [-0.2, -0.15) is 0 Å². The Balaban J connectivity index is 1.42. The van der Waals surface area contributed by atoms with Gasteiger partial charge >= 0.3 is 5.97 Å². The molecule has 0 spiro atoms. The van der Waals surface area contributed by atoms with Gasteiger partial charge < -0.3 is 15.7 Å². The Kier molecular flexibility index (Phi) is 7.85. The number of rotatable bonds is 10. The van der Waals surface area contributed by atoms with Crippen LogP contribution in [0.2, 0.25) is 5.02 Å². The first-order chi connectivity index (χ1) is 17.3. The highest BCUT2D eigenvalue weighted by atomic mass is 35.5. The smallest absolute Gasteiger partial charge is 0.326 e. The van der Waals surface area contributed by atoms with Gasteiger partial charge in [0.2, 0.25) is 0 Å². The third-order valence-electron chi connectivity index (χ3n) is 5.90. The summed E-state index contributed by atoms with van der Waals surface area (Å²) in [5.41, 5.74) is 5.62. The number of carboxylic acids is 1. The number of aryl methyl sites for hydroxylation is 3. The van der Waals surface area contributed by atoms with Crippen molar-refractivity contribution < 1.29 is 9.90 Å². The van der Waals surface area contributed by atoms with E-state index >= 15 is 0 Å². The van der Waals surface area contributed by atoms with Gasteiger partial charge in [-0.05, 0) is 78.9 Å². The lowest BCUT2D eigenvalue weighted by atomic mass is 10.0. The molecule has 0 fully saturated rings. The fourth-order valence-electron chi connectivity index (χ4n) is 4.00. The van der Waals surface area contributed by atoms with E-state index in [1.165, 1.54) is 0 Å². The van der Waals surface area contributed by atoms with Crippen molar-refractivity contribution in [3.05, 3.63) is 94.2 Å². The molecule has 1 atom stereocenters. The number of nitrogens with one attached hydrogen (secondary N) is 2. The molecule has 4 aromatic rings. The summed E-state index contributed by atoms with van der Waals surface area (Å²) in [6.07, 6.45) is 4.50. The lowest BCUT2D eigenvalue weighted by Gasteiger charge is -2.20. The van der Waals surface area contributed by atoms with E-state index in [1.807, 2.05) is 69.3 Å². The molecular formula is C27H29ClN6O2. The van der Waals surface area contributed by atoms with Crippen LogP contribution in [0.1, 0.15) is 35.0 Å². The summed E-state index contributed by atoms with van der Waals surface area (Å²) in [6, 6.07) is 14.5. The molecule has 9 heteroatoms. The Morgan fingerprint density at radius 1 is 1.11 bits per heavy atom. The van der Waals surface area contributed by atoms with E-state index in [0.29, 0.717) is 23.8 Å². The number of benzene rings is 2. The zero-order valence-electron chi connectivity index (χ0n) is 20.5. The first kappa shape index (κ1) is 25.2. The van der Waals surface area contributed by atoms with Crippen LogP contribution in [-0.2, 0) is 24.2 Å². The van der Waals surface area contributed by atoms with Crippen molar-refractivity contribution in [3.63, 3.8) is 0 Å². The molecule has 0 saturated carbocycles. The minimum atomic E-state index is -0.910. The lowest BCUT2D eigenvalue weighted by molar-refractivity contribution is -0.137. The number of aromatic nitrogens is 4. The van der Waals surface area contributed by atoms with Crippen LogP contribution in [0.25, 0.3) is 5.69 Å². The number of hydrogen-bond acceptors (Lipinski definition) is 6. The second kappa shape index (κ2) is 11.2. The van der Waals surface area contributed by atoms with Gasteiger partial charge in [0.25, 0.3) is 0 Å². The summed E-state index contributed by atoms with van der Waals surface area (Å²) in [4.78, 5) is 20.7. The molecule has 2 heterocycles. The van der Waals surface area contributed by atoms with Gasteiger partial charge in [-0.15, -0.1) is 5.10 Å². The van der Waals surface area contributed by atoms with Crippen molar-refractivity contribution in [3.8, 4) is 5.69 Å². The molecule has 0 aliphatic rings. The number of anilines is 2. The van der Waals surface area contributed by atoms with Crippen molar-refractivity contribution in [2.75, 3.05) is 10.6 Å². The van der Waals surface area contributed by atoms with Crippen molar-refractivity contribution >= 4 is 29.1 Å². The molecule has 0 saturated heterocycles. The Bertz CT molecular complexity index is 1350. The predicted octanol–water partition coefficient (Wildman–Crippen LogP) is 5.21. The first-order valence-corrected chi connectivity index (χ1v) is 12.1. The number of nitrogens with zero attached hydrogens (tertiary/aromatic N) is 4. The largest absolute Gasteiger partial charge is 0.480 e. The second-order valence-electron chi connectivity index (χ2n) is 8.69.